The van der Waals surface area contributed by atoms with E-state index in [1.807, 2.05) is 18.2 Å². The van der Waals surface area contributed by atoms with Gasteiger partial charge in [-0.1, -0.05) is 0 Å². The van der Waals surface area contributed by atoms with Crippen LogP contribution in [0.5, 0.6) is 5.75 Å². The number of fused-ring (bicyclic) bond motifs is 1. The lowest BCUT2D eigenvalue weighted by molar-refractivity contribution is 0.0349. The number of rotatable bonds is 5. The summed E-state index contributed by atoms with van der Waals surface area (Å²) in [7, 11) is 1.69. The number of nitrogens with one attached hydrogen (secondary N) is 1. The number of hydrogen-bond donors (Lipinski definition) is 1. The molecule has 1 N–H and O–H groups in total. The highest BCUT2D eigenvalue weighted by molar-refractivity contribution is 7.18. The minimum absolute atomic E-state index is 0.422. The summed E-state index contributed by atoms with van der Waals surface area (Å²) in [5, 5.41) is 4.49. The average Bonchev–Trinajstić information content (AvgIpc) is 2.90. The van der Waals surface area contributed by atoms with E-state index in [2.05, 4.69) is 10.3 Å². The monoisotopic (exact) mass is 292 g/mol. The topological polar surface area (TPSA) is 43.4 Å². The van der Waals surface area contributed by atoms with Crippen LogP contribution in [0.4, 0.5) is 0 Å². The number of benzene rings is 1. The summed E-state index contributed by atoms with van der Waals surface area (Å²) < 4.78 is 12.4. The third-order valence-corrected chi connectivity index (χ3v) is 4.67. The van der Waals surface area contributed by atoms with Gasteiger partial charge in [-0.3, -0.25) is 0 Å². The molecule has 2 aromatic rings. The van der Waals surface area contributed by atoms with E-state index in [4.69, 9.17) is 9.47 Å². The Hall–Kier alpha value is -1.17. The van der Waals surface area contributed by atoms with E-state index < -0.39 is 0 Å². The van der Waals surface area contributed by atoms with Crippen LogP contribution in [0.25, 0.3) is 10.2 Å². The van der Waals surface area contributed by atoms with Gasteiger partial charge in [0.15, 0.2) is 0 Å². The SMILES string of the molecule is COc1ccc2nc(CCOC3CCNCC3)sc2c1. The van der Waals surface area contributed by atoms with Crippen molar-refractivity contribution in [2.75, 3.05) is 26.8 Å². The number of methoxy groups -OCH3 is 1. The van der Waals surface area contributed by atoms with Gasteiger partial charge in [-0.15, -0.1) is 11.3 Å². The molecule has 1 aromatic carbocycles. The highest BCUT2D eigenvalue weighted by Gasteiger charge is 2.13. The second-order valence-electron chi connectivity index (χ2n) is 5.01. The van der Waals surface area contributed by atoms with Crippen LogP contribution in [0.2, 0.25) is 0 Å². The molecule has 0 atom stereocenters. The van der Waals surface area contributed by atoms with Crippen LogP contribution < -0.4 is 10.1 Å². The molecule has 20 heavy (non-hydrogen) atoms. The predicted octanol–water partition coefficient (Wildman–Crippen LogP) is 2.62. The Kier molecular flexibility index (Phi) is 4.50. The summed E-state index contributed by atoms with van der Waals surface area (Å²) in [5.41, 5.74) is 1.05. The van der Waals surface area contributed by atoms with E-state index in [1.165, 1.54) is 4.70 Å². The van der Waals surface area contributed by atoms with E-state index in [-0.39, 0.29) is 0 Å². The maximum absolute atomic E-state index is 5.93. The van der Waals surface area contributed by atoms with Crippen molar-refractivity contribution in [2.45, 2.75) is 25.4 Å². The first-order valence-corrected chi connectivity index (χ1v) is 7.92. The van der Waals surface area contributed by atoms with Crippen molar-refractivity contribution < 1.29 is 9.47 Å². The quantitative estimate of drug-likeness (QED) is 0.920. The average molecular weight is 292 g/mol. The van der Waals surface area contributed by atoms with Crippen molar-refractivity contribution in [3.8, 4) is 5.75 Å². The van der Waals surface area contributed by atoms with Gasteiger partial charge in [0.05, 0.1) is 35.0 Å². The van der Waals surface area contributed by atoms with Gasteiger partial charge in [0.2, 0.25) is 0 Å². The molecule has 3 rings (SSSR count). The van der Waals surface area contributed by atoms with E-state index in [0.717, 1.165) is 55.2 Å². The number of thiazole rings is 1. The Morgan fingerprint density at radius 3 is 3.00 bits per heavy atom. The summed E-state index contributed by atoms with van der Waals surface area (Å²) >= 11 is 1.73. The number of hydrogen-bond acceptors (Lipinski definition) is 5. The van der Waals surface area contributed by atoms with Crippen LogP contribution in [-0.2, 0) is 11.2 Å². The van der Waals surface area contributed by atoms with Crippen LogP contribution in [0.1, 0.15) is 17.8 Å². The van der Waals surface area contributed by atoms with Crippen molar-refractivity contribution >= 4 is 21.6 Å². The smallest absolute Gasteiger partial charge is 0.120 e. The first-order valence-electron chi connectivity index (χ1n) is 7.11. The van der Waals surface area contributed by atoms with Crippen molar-refractivity contribution in [2.24, 2.45) is 0 Å². The van der Waals surface area contributed by atoms with Crippen molar-refractivity contribution in [3.05, 3.63) is 23.2 Å². The standard InChI is InChI=1S/C15H20N2O2S/c1-18-12-2-3-13-14(10-12)20-15(17-13)6-9-19-11-4-7-16-8-5-11/h2-3,10-11,16H,4-9H2,1H3. The van der Waals surface area contributed by atoms with Gasteiger partial charge >= 0.3 is 0 Å². The number of ether oxygens (including phenoxy) is 2. The lowest BCUT2D eigenvalue weighted by atomic mass is 10.1. The van der Waals surface area contributed by atoms with E-state index >= 15 is 0 Å². The van der Waals surface area contributed by atoms with E-state index in [0.29, 0.717) is 6.10 Å². The lowest BCUT2D eigenvalue weighted by Gasteiger charge is -2.22. The third-order valence-electron chi connectivity index (χ3n) is 3.60. The maximum atomic E-state index is 5.93. The zero-order valence-corrected chi connectivity index (χ0v) is 12.5. The Balaban J connectivity index is 1.57. The fourth-order valence-electron chi connectivity index (χ4n) is 2.46. The van der Waals surface area contributed by atoms with Gasteiger partial charge in [-0.05, 0) is 44.1 Å². The summed E-state index contributed by atoms with van der Waals surface area (Å²) in [6.07, 6.45) is 3.56. The molecule has 0 saturated carbocycles. The third kappa shape index (κ3) is 3.29. The number of piperidine rings is 1. The predicted molar refractivity (Wildman–Crippen MR) is 81.7 cm³/mol. The first-order chi connectivity index (χ1) is 9.85. The maximum Gasteiger partial charge on any atom is 0.120 e. The summed E-state index contributed by atoms with van der Waals surface area (Å²) in [6.45, 7) is 2.92. The highest BCUT2D eigenvalue weighted by atomic mass is 32.1. The molecule has 1 aliphatic heterocycles. The van der Waals surface area contributed by atoms with E-state index in [1.54, 1.807) is 18.4 Å². The van der Waals surface area contributed by atoms with Gasteiger partial charge in [-0.25, -0.2) is 4.98 Å². The molecule has 0 spiro atoms. The molecule has 0 radical (unpaired) electrons. The summed E-state index contributed by atoms with van der Waals surface area (Å²) in [5.74, 6) is 0.888. The van der Waals surface area contributed by atoms with E-state index in [9.17, 15) is 0 Å². The lowest BCUT2D eigenvalue weighted by Crippen LogP contribution is -2.32. The molecule has 0 unspecified atom stereocenters. The van der Waals surface area contributed by atoms with Crippen molar-refractivity contribution in [1.82, 2.24) is 10.3 Å². The fraction of sp³-hybridized carbons (Fsp3) is 0.533. The molecule has 2 heterocycles. The van der Waals surface area contributed by atoms with Crippen LogP contribution in [0.15, 0.2) is 18.2 Å². The number of nitrogens with zero attached hydrogens (tertiary/aromatic N) is 1. The Morgan fingerprint density at radius 1 is 1.35 bits per heavy atom. The molecule has 1 saturated heterocycles. The van der Waals surface area contributed by atoms with Crippen LogP contribution in [0, 0.1) is 0 Å². The van der Waals surface area contributed by atoms with Crippen LogP contribution in [-0.4, -0.2) is 37.9 Å². The van der Waals surface area contributed by atoms with Gasteiger partial charge in [0.25, 0.3) is 0 Å². The molecule has 5 heteroatoms. The normalized spacial score (nSPS) is 16.6. The summed E-state index contributed by atoms with van der Waals surface area (Å²) in [4.78, 5) is 4.64. The zero-order valence-electron chi connectivity index (χ0n) is 11.7. The minimum Gasteiger partial charge on any atom is -0.497 e. The molecule has 0 bridgehead atoms. The Bertz CT molecular complexity index is 564. The first kappa shape index (κ1) is 13.8. The Morgan fingerprint density at radius 2 is 2.20 bits per heavy atom. The molecule has 108 valence electrons. The second kappa shape index (κ2) is 6.52. The molecule has 1 aliphatic rings. The van der Waals surface area contributed by atoms with Crippen molar-refractivity contribution in [3.63, 3.8) is 0 Å². The van der Waals surface area contributed by atoms with Crippen molar-refractivity contribution in [1.29, 1.82) is 0 Å². The molecule has 1 aromatic heterocycles. The second-order valence-corrected chi connectivity index (χ2v) is 6.13. The van der Waals surface area contributed by atoms with Gasteiger partial charge < -0.3 is 14.8 Å². The van der Waals surface area contributed by atoms with Crippen LogP contribution in [0.3, 0.4) is 0 Å². The Labute approximate surface area is 123 Å². The zero-order chi connectivity index (χ0) is 13.8. The largest absolute Gasteiger partial charge is 0.497 e. The van der Waals surface area contributed by atoms with Crippen LogP contribution >= 0.6 is 11.3 Å². The molecule has 0 amide bonds. The summed E-state index contributed by atoms with van der Waals surface area (Å²) in [6, 6.07) is 6.02. The minimum atomic E-state index is 0.422. The van der Waals surface area contributed by atoms with Gasteiger partial charge in [0, 0.05) is 6.42 Å². The van der Waals surface area contributed by atoms with Gasteiger partial charge in [-0.2, -0.15) is 0 Å². The van der Waals surface area contributed by atoms with Gasteiger partial charge in [0.1, 0.15) is 5.75 Å². The fourth-order valence-corrected chi connectivity index (χ4v) is 3.44. The number of aromatic nitrogens is 1. The highest BCUT2D eigenvalue weighted by Crippen LogP contribution is 2.26. The molecular weight excluding hydrogens is 272 g/mol. The molecule has 1 fully saturated rings. The molecular formula is C15H20N2O2S. The molecule has 4 nitrogen and oxygen atoms in total. The molecule has 0 aliphatic carbocycles.